The molecule has 2 nitrogen and oxygen atoms in total. The summed E-state index contributed by atoms with van der Waals surface area (Å²) in [4.78, 5) is 14.7. The summed E-state index contributed by atoms with van der Waals surface area (Å²) in [6, 6.07) is 10.2. The van der Waals surface area contributed by atoms with Crippen LogP contribution in [-0.4, -0.2) is 23.9 Å². The normalized spacial score (nSPS) is 22.5. The molecular formula is C18H20FNO. The minimum absolute atomic E-state index is 0.0181. The Balaban J connectivity index is 2.00. The van der Waals surface area contributed by atoms with Gasteiger partial charge < -0.3 is 4.90 Å². The third kappa shape index (κ3) is 2.65. The minimum Gasteiger partial charge on any atom is -0.338 e. The second-order valence-corrected chi connectivity index (χ2v) is 6.30. The Morgan fingerprint density at radius 2 is 1.67 bits per heavy atom. The van der Waals surface area contributed by atoms with Crippen LogP contribution < -0.4 is 0 Å². The molecule has 110 valence electrons. The standard InChI is InChI=1S/C18H20FNO/c1-12-9-13(2)11-20(10-12)18(21)16-7-8-17(19)15-6-4-3-5-14(15)16/h3-8,12-13H,9-11H2,1-2H3. The van der Waals surface area contributed by atoms with Gasteiger partial charge in [-0.3, -0.25) is 4.79 Å². The first kappa shape index (κ1) is 14.1. The SMILES string of the molecule is CC1CC(C)CN(C(=O)c2ccc(F)c3ccccc23)C1. The average molecular weight is 285 g/mol. The maximum absolute atomic E-state index is 13.9. The molecule has 2 aromatic rings. The number of rotatable bonds is 1. The van der Waals surface area contributed by atoms with Gasteiger partial charge >= 0.3 is 0 Å². The lowest BCUT2D eigenvalue weighted by molar-refractivity contribution is 0.0625. The van der Waals surface area contributed by atoms with Crippen LogP contribution in [0.15, 0.2) is 36.4 Å². The first-order chi connectivity index (χ1) is 10.1. The molecule has 0 aliphatic carbocycles. The van der Waals surface area contributed by atoms with E-state index in [-0.39, 0.29) is 11.7 Å². The Bertz CT molecular complexity index is 672. The summed E-state index contributed by atoms with van der Waals surface area (Å²) in [6.07, 6.45) is 1.16. The molecule has 2 atom stereocenters. The molecule has 0 spiro atoms. The zero-order valence-corrected chi connectivity index (χ0v) is 12.5. The van der Waals surface area contributed by atoms with Gasteiger partial charge in [0.05, 0.1) is 0 Å². The Morgan fingerprint density at radius 1 is 1.05 bits per heavy atom. The van der Waals surface area contributed by atoms with Crippen LogP contribution in [-0.2, 0) is 0 Å². The topological polar surface area (TPSA) is 20.3 Å². The first-order valence-electron chi connectivity index (χ1n) is 7.52. The zero-order valence-electron chi connectivity index (χ0n) is 12.5. The van der Waals surface area contributed by atoms with E-state index in [9.17, 15) is 9.18 Å². The molecule has 1 amide bonds. The van der Waals surface area contributed by atoms with Crippen molar-refractivity contribution in [3.05, 3.63) is 47.8 Å². The molecule has 1 heterocycles. The number of hydrogen-bond acceptors (Lipinski definition) is 1. The van der Waals surface area contributed by atoms with Gasteiger partial charge in [-0.25, -0.2) is 4.39 Å². The molecular weight excluding hydrogens is 265 g/mol. The van der Waals surface area contributed by atoms with Gasteiger partial charge in [0.25, 0.3) is 5.91 Å². The fraction of sp³-hybridized carbons (Fsp3) is 0.389. The summed E-state index contributed by atoms with van der Waals surface area (Å²) in [5.74, 6) is 0.779. The van der Waals surface area contributed by atoms with Crippen molar-refractivity contribution >= 4 is 16.7 Å². The predicted molar refractivity (Wildman–Crippen MR) is 82.8 cm³/mol. The van der Waals surface area contributed by atoms with Gasteiger partial charge in [0, 0.05) is 24.0 Å². The van der Waals surface area contributed by atoms with Crippen LogP contribution in [0, 0.1) is 17.7 Å². The van der Waals surface area contributed by atoms with Gasteiger partial charge in [-0.05, 0) is 35.8 Å². The molecule has 1 fully saturated rings. The third-order valence-corrected chi connectivity index (χ3v) is 4.26. The molecule has 0 saturated carbocycles. The zero-order chi connectivity index (χ0) is 15.0. The fourth-order valence-corrected chi connectivity index (χ4v) is 3.45. The smallest absolute Gasteiger partial charge is 0.254 e. The highest BCUT2D eigenvalue weighted by Gasteiger charge is 2.27. The number of nitrogens with zero attached hydrogens (tertiary/aromatic N) is 1. The van der Waals surface area contributed by atoms with Crippen LogP contribution in [0.2, 0.25) is 0 Å². The summed E-state index contributed by atoms with van der Waals surface area (Å²) in [5.41, 5.74) is 0.605. The molecule has 0 bridgehead atoms. The predicted octanol–water partition coefficient (Wildman–Crippen LogP) is 4.10. The highest BCUT2D eigenvalue weighted by atomic mass is 19.1. The summed E-state index contributed by atoms with van der Waals surface area (Å²) in [7, 11) is 0. The molecule has 2 aromatic carbocycles. The van der Waals surface area contributed by atoms with Crippen LogP contribution in [0.5, 0.6) is 0 Å². The molecule has 0 radical (unpaired) electrons. The van der Waals surface area contributed by atoms with Crippen molar-refractivity contribution < 1.29 is 9.18 Å². The number of halogens is 1. The number of carbonyl (C=O) groups excluding carboxylic acids is 1. The van der Waals surface area contributed by atoms with Crippen molar-refractivity contribution in [2.45, 2.75) is 20.3 Å². The second kappa shape index (κ2) is 5.47. The largest absolute Gasteiger partial charge is 0.338 e. The van der Waals surface area contributed by atoms with E-state index >= 15 is 0 Å². The summed E-state index contributed by atoms with van der Waals surface area (Å²) in [5, 5.41) is 1.22. The number of carbonyl (C=O) groups is 1. The molecule has 3 heteroatoms. The highest BCUT2D eigenvalue weighted by molar-refractivity contribution is 6.07. The van der Waals surface area contributed by atoms with Crippen molar-refractivity contribution in [1.82, 2.24) is 4.90 Å². The van der Waals surface area contributed by atoms with Crippen LogP contribution in [0.3, 0.4) is 0 Å². The molecule has 0 N–H and O–H groups in total. The molecule has 0 aromatic heterocycles. The first-order valence-corrected chi connectivity index (χ1v) is 7.52. The Hall–Kier alpha value is -1.90. The Morgan fingerprint density at radius 3 is 2.33 bits per heavy atom. The van der Waals surface area contributed by atoms with E-state index < -0.39 is 0 Å². The van der Waals surface area contributed by atoms with E-state index in [1.807, 2.05) is 17.0 Å². The lowest BCUT2D eigenvalue weighted by atomic mass is 9.91. The molecule has 21 heavy (non-hydrogen) atoms. The number of piperidine rings is 1. The number of hydrogen-bond donors (Lipinski definition) is 0. The van der Waals surface area contributed by atoms with Crippen LogP contribution in [0.4, 0.5) is 4.39 Å². The van der Waals surface area contributed by atoms with Gasteiger partial charge in [0.1, 0.15) is 5.82 Å². The van der Waals surface area contributed by atoms with Crippen molar-refractivity contribution in [1.29, 1.82) is 0 Å². The number of amides is 1. The maximum Gasteiger partial charge on any atom is 0.254 e. The van der Waals surface area contributed by atoms with Crippen molar-refractivity contribution in [3.8, 4) is 0 Å². The average Bonchev–Trinajstić information content (AvgIpc) is 2.46. The van der Waals surface area contributed by atoms with Gasteiger partial charge in [-0.1, -0.05) is 38.1 Å². The van der Waals surface area contributed by atoms with Gasteiger partial charge in [-0.15, -0.1) is 0 Å². The Labute approximate surface area is 124 Å². The second-order valence-electron chi connectivity index (χ2n) is 6.30. The summed E-state index contributed by atoms with van der Waals surface area (Å²) >= 11 is 0. The molecule has 2 unspecified atom stereocenters. The molecule has 1 aliphatic rings. The van der Waals surface area contributed by atoms with Gasteiger partial charge in [0.15, 0.2) is 0 Å². The molecule has 1 saturated heterocycles. The van der Waals surface area contributed by atoms with Crippen LogP contribution in [0.1, 0.15) is 30.6 Å². The van der Waals surface area contributed by atoms with E-state index in [4.69, 9.17) is 0 Å². The molecule has 1 aliphatic heterocycles. The lowest BCUT2D eigenvalue weighted by Crippen LogP contribution is -2.42. The van der Waals surface area contributed by atoms with E-state index in [0.717, 1.165) is 19.5 Å². The number of likely N-dealkylation sites (tertiary alicyclic amines) is 1. The number of fused-ring (bicyclic) bond motifs is 1. The number of benzene rings is 2. The summed E-state index contributed by atoms with van der Waals surface area (Å²) in [6.45, 7) is 5.93. The summed E-state index contributed by atoms with van der Waals surface area (Å²) < 4.78 is 13.9. The van der Waals surface area contributed by atoms with E-state index in [1.165, 1.54) is 6.07 Å². The third-order valence-electron chi connectivity index (χ3n) is 4.26. The lowest BCUT2D eigenvalue weighted by Gasteiger charge is -2.35. The van der Waals surface area contributed by atoms with Crippen LogP contribution in [0.25, 0.3) is 10.8 Å². The van der Waals surface area contributed by atoms with Crippen molar-refractivity contribution in [2.24, 2.45) is 11.8 Å². The minimum atomic E-state index is -0.275. The van der Waals surface area contributed by atoms with Crippen LogP contribution >= 0.6 is 0 Å². The monoisotopic (exact) mass is 285 g/mol. The van der Waals surface area contributed by atoms with E-state index in [1.54, 1.807) is 18.2 Å². The van der Waals surface area contributed by atoms with Crippen molar-refractivity contribution in [3.63, 3.8) is 0 Å². The molecule has 3 rings (SSSR count). The van der Waals surface area contributed by atoms with E-state index in [2.05, 4.69) is 13.8 Å². The highest BCUT2D eigenvalue weighted by Crippen LogP contribution is 2.26. The van der Waals surface area contributed by atoms with Crippen molar-refractivity contribution in [2.75, 3.05) is 13.1 Å². The quantitative estimate of drug-likeness (QED) is 0.772. The van der Waals surface area contributed by atoms with Gasteiger partial charge in [-0.2, -0.15) is 0 Å². The maximum atomic E-state index is 13.9. The Kier molecular flexibility index (Phi) is 3.66. The fourth-order valence-electron chi connectivity index (χ4n) is 3.45. The van der Waals surface area contributed by atoms with E-state index in [0.29, 0.717) is 28.2 Å². The van der Waals surface area contributed by atoms with Gasteiger partial charge in [0.2, 0.25) is 0 Å².